The smallest absolute Gasteiger partial charge is 0.137 e. The number of furan rings is 4. The fraction of sp³-hybridized carbons (Fsp3) is 0. The van der Waals surface area contributed by atoms with Crippen molar-refractivity contribution < 1.29 is 17.7 Å². The van der Waals surface area contributed by atoms with Crippen molar-refractivity contribution in [2.45, 2.75) is 0 Å². The zero-order valence-corrected chi connectivity index (χ0v) is 42.9. The van der Waals surface area contributed by atoms with E-state index in [1.165, 1.54) is 0 Å². The zero-order chi connectivity index (χ0) is 52.4. The molecule has 0 unspecified atom stereocenters. The zero-order valence-electron chi connectivity index (χ0n) is 42.9. The molecule has 13 aromatic carbocycles. The van der Waals surface area contributed by atoms with E-state index in [9.17, 15) is 0 Å². The summed E-state index contributed by atoms with van der Waals surface area (Å²) in [5.74, 6) is 0. The van der Waals surface area contributed by atoms with Crippen LogP contribution in [0.15, 0.2) is 285 Å². The lowest BCUT2D eigenvalue weighted by atomic mass is 9.85. The number of hydrogen-bond acceptors (Lipinski definition) is 6. The average molecular weight is 1030 g/mol. The van der Waals surface area contributed by atoms with Crippen molar-refractivity contribution in [2.24, 2.45) is 0 Å². The first-order chi connectivity index (χ1) is 39.7. The highest BCUT2D eigenvalue weighted by Gasteiger charge is 2.28. The molecule has 80 heavy (non-hydrogen) atoms. The van der Waals surface area contributed by atoms with Crippen molar-refractivity contribution in [2.75, 3.05) is 9.80 Å². The highest BCUT2D eigenvalue weighted by Crippen LogP contribution is 2.53. The number of para-hydroxylation sites is 4. The summed E-state index contributed by atoms with van der Waals surface area (Å²) >= 11 is 0. The van der Waals surface area contributed by atoms with Crippen LogP contribution in [0.2, 0.25) is 0 Å². The van der Waals surface area contributed by atoms with Crippen LogP contribution in [0.1, 0.15) is 0 Å². The molecule has 0 bridgehead atoms. The molecule has 0 aliphatic carbocycles. The van der Waals surface area contributed by atoms with Crippen molar-refractivity contribution in [3.05, 3.63) is 267 Å². The topological polar surface area (TPSA) is 59.0 Å². The molecule has 0 saturated carbocycles. The van der Waals surface area contributed by atoms with Crippen LogP contribution >= 0.6 is 0 Å². The third-order valence-electron chi connectivity index (χ3n) is 16.2. The molecule has 4 aromatic heterocycles. The minimum Gasteiger partial charge on any atom is -0.456 e. The van der Waals surface area contributed by atoms with Crippen LogP contribution in [-0.2, 0) is 0 Å². The van der Waals surface area contributed by atoms with Gasteiger partial charge in [0, 0.05) is 32.9 Å². The first kappa shape index (κ1) is 44.3. The van der Waals surface area contributed by atoms with Gasteiger partial charge in [-0.3, -0.25) is 0 Å². The van der Waals surface area contributed by atoms with Crippen LogP contribution in [-0.4, -0.2) is 0 Å². The molecule has 0 saturated heterocycles. The summed E-state index contributed by atoms with van der Waals surface area (Å²) in [4.78, 5) is 4.83. The van der Waals surface area contributed by atoms with Crippen molar-refractivity contribution in [3.8, 4) is 22.3 Å². The van der Waals surface area contributed by atoms with E-state index >= 15 is 0 Å². The summed E-state index contributed by atoms with van der Waals surface area (Å²) in [7, 11) is 0. The number of hydrogen-bond donors (Lipinski definition) is 0. The van der Waals surface area contributed by atoms with Crippen LogP contribution < -0.4 is 9.80 Å². The van der Waals surface area contributed by atoms with Crippen LogP contribution in [0.4, 0.5) is 34.1 Å². The Hall–Kier alpha value is -10.8. The normalized spacial score (nSPS) is 12.0. The van der Waals surface area contributed by atoms with Crippen molar-refractivity contribution in [1.82, 2.24) is 0 Å². The molecule has 0 radical (unpaired) electrons. The minimum absolute atomic E-state index is 0.820. The molecular formula is C74H44N2O4. The summed E-state index contributed by atoms with van der Waals surface area (Å²) < 4.78 is 26.5. The number of benzene rings is 13. The Kier molecular flexibility index (Phi) is 9.61. The average Bonchev–Trinajstić information content (AvgIpc) is 4.37. The Labute approximate surface area is 457 Å². The molecule has 0 amide bonds. The molecule has 4 heterocycles. The number of fused-ring (bicyclic) bond motifs is 14. The molecule has 0 N–H and O–H groups in total. The Morgan fingerprint density at radius 2 is 0.475 bits per heavy atom. The van der Waals surface area contributed by atoms with Crippen molar-refractivity contribution in [1.29, 1.82) is 0 Å². The second-order valence-corrected chi connectivity index (χ2v) is 20.6. The standard InChI is InChI=1S/C74H44N2O4/c1-3-19-45(20-4-1)69-49-41-39-48(76(59-29-17-37-67-73(59)53-25-9-13-33-63(53)79-67)60-30-18-38-68-74(60)54-26-10-14-34-64(54)80-68)44-56(49)70(46-21-5-2-6-22-46)50-42-40-47(43-55(50)69)75(57-27-15-35-65-71(57)51-23-7-11-31-61(51)77-65)58-28-16-36-66-72(58)52-24-8-12-32-62(52)78-66/h1-44H. The highest BCUT2D eigenvalue weighted by atomic mass is 16.3. The molecule has 17 aromatic rings. The first-order valence-corrected chi connectivity index (χ1v) is 27.1. The summed E-state index contributed by atoms with van der Waals surface area (Å²) in [6.45, 7) is 0. The van der Waals surface area contributed by atoms with Crippen molar-refractivity contribution in [3.63, 3.8) is 0 Å². The fourth-order valence-corrected chi connectivity index (χ4v) is 12.9. The number of nitrogens with zero attached hydrogens (tertiary/aromatic N) is 2. The van der Waals surface area contributed by atoms with Crippen LogP contribution in [0.3, 0.4) is 0 Å². The van der Waals surface area contributed by atoms with Gasteiger partial charge in [-0.25, -0.2) is 0 Å². The van der Waals surface area contributed by atoms with Gasteiger partial charge in [0.25, 0.3) is 0 Å². The molecule has 0 aliphatic rings. The van der Waals surface area contributed by atoms with Gasteiger partial charge in [-0.1, -0.05) is 170 Å². The van der Waals surface area contributed by atoms with E-state index in [4.69, 9.17) is 17.7 Å². The molecular weight excluding hydrogens is 981 g/mol. The van der Waals surface area contributed by atoms with Gasteiger partial charge in [0.15, 0.2) is 0 Å². The largest absolute Gasteiger partial charge is 0.456 e. The van der Waals surface area contributed by atoms with Gasteiger partial charge in [-0.2, -0.15) is 0 Å². The Bertz CT molecular complexity index is 4770. The van der Waals surface area contributed by atoms with Crippen LogP contribution in [0.25, 0.3) is 132 Å². The minimum atomic E-state index is 0.820. The van der Waals surface area contributed by atoms with E-state index in [-0.39, 0.29) is 0 Å². The lowest BCUT2D eigenvalue weighted by molar-refractivity contribution is 0.668. The summed E-state index contributed by atoms with van der Waals surface area (Å²) in [5.41, 5.74) is 17.1. The van der Waals surface area contributed by atoms with E-state index in [0.717, 1.165) is 166 Å². The number of rotatable bonds is 8. The Morgan fingerprint density at radius 3 is 0.787 bits per heavy atom. The SMILES string of the molecule is c1ccc(-c2c3ccc(N(c4cccc5oc6ccccc6c45)c4cccc5oc6ccccc6c45)cc3c(-c3ccccc3)c3ccc(N(c4cccc5oc6ccccc6c45)c4cccc5oc6ccccc6c45)cc23)cc1. The third-order valence-corrected chi connectivity index (χ3v) is 16.2. The quantitative estimate of drug-likeness (QED) is 0.141. The van der Waals surface area contributed by atoms with Gasteiger partial charge in [-0.05, 0) is 141 Å². The maximum absolute atomic E-state index is 6.61. The van der Waals surface area contributed by atoms with E-state index < -0.39 is 0 Å². The van der Waals surface area contributed by atoms with Gasteiger partial charge in [0.05, 0.1) is 44.3 Å². The maximum Gasteiger partial charge on any atom is 0.137 e. The van der Waals surface area contributed by atoms with Crippen LogP contribution in [0, 0.1) is 0 Å². The van der Waals surface area contributed by atoms with Gasteiger partial charge < -0.3 is 27.5 Å². The lowest BCUT2D eigenvalue weighted by Gasteiger charge is -2.29. The fourth-order valence-electron chi connectivity index (χ4n) is 12.9. The van der Waals surface area contributed by atoms with Crippen molar-refractivity contribution >= 4 is 143 Å². The Balaban J connectivity index is 0.985. The monoisotopic (exact) mass is 1020 g/mol. The van der Waals surface area contributed by atoms with E-state index in [1.54, 1.807) is 0 Å². The van der Waals surface area contributed by atoms with E-state index in [2.05, 4.69) is 252 Å². The number of anilines is 6. The van der Waals surface area contributed by atoms with Gasteiger partial charge in [-0.15, -0.1) is 0 Å². The van der Waals surface area contributed by atoms with E-state index in [1.807, 2.05) is 24.3 Å². The molecule has 6 nitrogen and oxygen atoms in total. The maximum atomic E-state index is 6.61. The van der Waals surface area contributed by atoms with Gasteiger partial charge in [0.1, 0.15) is 44.7 Å². The summed E-state index contributed by atoms with van der Waals surface area (Å²) in [6, 6.07) is 94.7. The predicted molar refractivity (Wildman–Crippen MR) is 331 cm³/mol. The molecule has 374 valence electrons. The summed E-state index contributed by atoms with van der Waals surface area (Å²) in [5, 5.41) is 12.8. The molecule has 0 aliphatic heterocycles. The molecule has 0 atom stereocenters. The predicted octanol–water partition coefficient (Wildman–Crippen LogP) is 21.9. The second-order valence-electron chi connectivity index (χ2n) is 20.6. The molecule has 0 fully saturated rings. The van der Waals surface area contributed by atoms with Crippen LogP contribution in [0.5, 0.6) is 0 Å². The van der Waals surface area contributed by atoms with E-state index in [0.29, 0.717) is 0 Å². The molecule has 6 heteroatoms. The Morgan fingerprint density at radius 1 is 0.200 bits per heavy atom. The molecule has 0 spiro atoms. The second kappa shape index (κ2) is 17.3. The van der Waals surface area contributed by atoms with Gasteiger partial charge in [0.2, 0.25) is 0 Å². The third kappa shape index (κ3) is 6.60. The lowest BCUT2D eigenvalue weighted by Crippen LogP contribution is -2.11. The highest BCUT2D eigenvalue weighted by molar-refractivity contribution is 6.25. The summed E-state index contributed by atoms with van der Waals surface area (Å²) in [6.07, 6.45) is 0. The molecule has 17 rings (SSSR count). The van der Waals surface area contributed by atoms with Gasteiger partial charge >= 0.3 is 0 Å². The first-order valence-electron chi connectivity index (χ1n) is 27.1.